The fourth-order valence-corrected chi connectivity index (χ4v) is 2.05. The van der Waals surface area contributed by atoms with Crippen LogP contribution in [0.2, 0.25) is 5.02 Å². The van der Waals surface area contributed by atoms with E-state index in [9.17, 15) is 19.8 Å². The van der Waals surface area contributed by atoms with E-state index in [1.54, 1.807) is 0 Å². The molecule has 2 amide bonds. The number of hydrogen-bond acceptors (Lipinski definition) is 4. The van der Waals surface area contributed by atoms with E-state index in [0.717, 1.165) is 0 Å². The number of likely N-dealkylation sites (tertiary alicyclic amines) is 1. The van der Waals surface area contributed by atoms with Gasteiger partial charge in [0, 0.05) is 0 Å². The number of β-amino-alcohol motifs (C(OH)–C–C–N with tert-alkyl or cyclic N) is 2. The molecule has 2 atom stereocenters. The molecule has 0 aromatic heterocycles. The quantitative estimate of drug-likeness (QED) is 0.639. The third-order valence-corrected chi connectivity index (χ3v) is 3.33. The lowest BCUT2D eigenvalue weighted by Gasteiger charge is -2.17. The van der Waals surface area contributed by atoms with Gasteiger partial charge in [0.2, 0.25) is 0 Å². The molecule has 20 heavy (non-hydrogen) atoms. The van der Waals surface area contributed by atoms with E-state index >= 15 is 0 Å². The van der Waals surface area contributed by atoms with Crippen molar-refractivity contribution in [3.8, 4) is 0 Å². The van der Waals surface area contributed by atoms with Crippen molar-refractivity contribution in [2.24, 2.45) is 0 Å². The van der Waals surface area contributed by atoms with E-state index in [2.05, 4.69) is 5.32 Å². The number of rotatable bonds is 2. The molecule has 0 bridgehead atoms. The number of carbonyl (C=O) groups is 2. The number of benzene rings is 1. The van der Waals surface area contributed by atoms with Crippen molar-refractivity contribution in [2.75, 3.05) is 18.4 Å². The molecule has 108 valence electrons. The maximum absolute atomic E-state index is 11.9. The molecule has 0 aliphatic carbocycles. The predicted molar refractivity (Wildman–Crippen MR) is 71.0 cm³/mol. The van der Waals surface area contributed by atoms with Crippen LogP contribution in [0.25, 0.3) is 0 Å². The second-order valence-corrected chi connectivity index (χ2v) is 4.88. The molecule has 0 saturated carbocycles. The smallest absolute Gasteiger partial charge is 0.335 e. The number of carbonyl (C=O) groups excluding carboxylic acids is 1. The van der Waals surface area contributed by atoms with Crippen molar-refractivity contribution in [1.82, 2.24) is 4.90 Å². The van der Waals surface area contributed by atoms with E-state index in [1.807, 2.05) is 0 Å². The van der Waals surface area contributed by atoms with Crippen LogP contribution in [0.15, 0.2) is 18.2 Å². The van der Waals surface area contributed by atoms with Crippen molar-refractivity contribution >= 4 is 29.3 Å². The van der Waals surface area contributed by atoms with Gasteiger partial charge in [0.15, 0.2) is 0 Å². The summed E-state index contributed by atoms with van der Waals surface area (Å²) in [5.41, 5.74) is 0.152. The lowest BCUT2D eigenvalue weighted by atomic mass is 10.2. The van der Waals surface area contributed by atoms with E-state index in [0.29, 0.717) is 0 Å². The minimum Gasteiger partial charge on any atom is -0.478 e. The van der Waals surface area contributed by atoms with Crippen LogP contribution in [-0.4, -0.2) is 57.5 Å². The number of aromatic carboxylic acids is 1. The van der Waals surface area contributed by atoms with Crippen molar-refractivity contribution in [3.05, 3.63) is 28.8 Å². The molecule has 7 nitrogen and oxygen atoms in total. The Hall–Kier alpha value is -1.83. The van der Waals surface area contributed by atoms with Crippen molar-refractivity contribution in [2.45, 2.75) is 12.2 Å². The van der Waals surface area contributed by atoms with Gasteiger partial charge in [-0.3, -0.25) is 0 Å². The fraction of sp³-hybridized carbons (Fsp3) is 0.333. The SMILES string of the molecule is O=C(O)c1ccc(Cl)c(NC(=O)N2CC(O)C(O)C2)c1. The van der Waals surface area contributed by atoms with Crippen LogP contribution in [-0.2, 0) is 0 Å². The molecule has 4 N–H and O–H groups in total. The zero-order chi connectivity index (χ0) is 14.9. The molecule has 2 rings (SSSR count). The van der Waals surface area contributed by atoms with Gasteiger partial charge in [0.05, 0.1) is 41.6 Å². The zero-order valence-electron chi connectivity index (χ0n) is 10.3. The van der Waals surface area contributed by atoms with Gasteiger partial charge in [-0.1, -0.05) is 11.6 Å². The van der Waals surface area contributed by atoms with Gasteiger partial charge in [-0.05, 0) is 18.2 Å². The van der Waals surface area contributed by atoms with Gasteiger partial charge in [0.25, 0.3) is 0 Å². The first-order chi connectivity index (χ1) is 9.38. The molecule has 1 aliphatic rings. The van der Waals surface area contributed by atoms with E-state index < -0.39 is 24.2 Å². The molecular weight excluding hydrogens is 288 g/mol. The Bertz CT molecular complexity index is 541. The second kappa shape index (κ2) is 5.66. The normalized spacial score (nSPS) is 21.9. The van der Waals surface area contributed by atoms with Gasteiger partial charge in [0.1, 0.15) is 0 Å². The first-order valence-corrected chi connectivity index (χ1v) is 6.21. The zero-order valence-corrected chi connectivity index (χ0v) is 11.0. The number of aliphatic hydroxyl groups is 2. The Morgan fingerprint density at radius 2 is 1.85 bits per heavy atom. The number of urea groups is 1. The summed E-state index contributed by atoms with van der Waals surface area (Å²) in [6.07, 6.45) is -1.97. The molecule has 1 aliphatic heterocycles. The molecule has 1 aromatic rings. The maximum atomic E-state index is 11.9. The van der Waals surface area contributed by atoms with Crippen LogP contribution >= 0.6 is 11.6 Å². The largest absolute Gasteiger partial charge is 0.478 e. The van der Waals surface area contributed by atoms with E-state index in [4.69, 9.17) is 16.7 Å². The van der Waals surface area contributed by atoms with Crippen LogP contribution in [0.5, 0.6) is 0 Å². The van der Waals surface area contributed by atoms with Crippen molar-refractivity contribution < 1.29 is 24.9 Å². The second-order valence-electron chi connectivity index (χ2n) is 4.47. The highest BCUT2D eigenvalue weighted by Gasteiger charge is 2.32. The Balaban J connectivity index is 2.12. The molecule has 0 spiro atoms. The van der Waals surface area contributed by atoms with E-state index in [1.165, 1.54) is 23.1 Å². The summed E-state index contributed by atoms with van der Waals surface area (Å²) in [7, 11) is 0. The third-order valence-electron chi connectivity index (χ3n) is 3.00. The Morgan fingerprint density at radius 3 is 2.40 bits per heavy atom. The number of carboxylic acids is 1. The van der Waals surface area contributed by atoms with Gasteiger partial charge >= 0.3 is 12.0 Å². The fourth-order valence-electron chi connectivity index (χ4n) is 1.88. The lowest BCUT2D eigenvalue weighted by Crippen LogP contribution is -2.34. The number of halogens is 1. The molecule has 2 unspecified atom stereocenters. The van der Waals surface area contributed by atoms with Gasteiger partial charge in [-0.25, -0.2) is 9.59 Å². The highest BCUT2D eigenvalue weighted by atomic mass is 35.5. The Kier molecular flexibility index (Phi) is 4.12. The number of anilines is 1. The Labute approximate surface area is 119 Å². The highest BCUT2D eigenvalue weighted by molar-refractivity contribution is 6.33. The number of aliphatic hydroxyl groups excluding tert-OH is 2. The van der Waals surface area contributed by atoms with Crippen molar-refractivity contribution in [1.29, 1.82) is 0 Å². The average Bonchev–Trinajstić information content (AvgIpc) is 2.72. The van der Waals surface area contributed by atoms with Crippen LogP contribution in [0.1, 0.15) is 10.4 Å². The highest BCUT2D eigenvalue weighted by Crippen LogP contribution is 2.24. The minimum absolute atomic E-state index is 0.00321. The lowest BCUT2D eigenvalue weighted by molar-refractivity contribution is 0.0572. The van der Waals surface area contributed by atoms with Crippen molar-refractivity contribution in [3.63, 3.8) is 0 Å². The Morgan fingerprint density at radius 1 is 1.25 bits per heavy atom. The molecular formula is C12H13ClN2O5. The summed E-state index contributed by atoms with van der Waals surface area (Å²) in [4.78, 5) is 24.0. The maximum Gasteiger partial charge on any atom is 0.335 e. The average molecular weight is 301 g/mol. The summed E-state index contributed by atoms with van der Waals surface area (Å²) in [5.74, 6) is -1.14. The minimum atomic E-state index is -1.14. The number of nitrogens with one attached hydrogen (secondary N) is 1. The predicted octanol–water partition coefficient (Wildman–Crippen LogP) is 0.607. The summed E-state index contributed by atoms with van der Waals surface area (Å²) >= 11 is 5.88. The topological polar surface area (TPSA) is 110 Å². The van der Waals surface area contributed by atoms with Crippen LogP contribution in [0, 0.1) is 0 Å². The summed E-state index contributed by atoms with van der Waals surface area (Å²) in [6.45, 7) is 0.00643. The molecule has 1 fully saturated rings. The van der Waals surface area contributed by atoms with Gasteiger partial charge in [-0.15, -0.1) is 0 Å². The van der Waals surface area contributed by atoms with Crippen LogP contribution < -0.4 is 5.32 Å². The monoisotopic (exact) mass is 300 g/mol. The van der Waals surface area contributed by atoms with Crippen LogP contribution in [0.3, 0.4) is 0 Å². The van der Waals surface area contributed by atoms with Crippen LogP contribution in [0.4, 0.5) is 10.5 Å². The van der Waals surface area contributed by atoms with Gasteiger partial charge in [-0.2, -0.15) is 0 Å². The standard InChI is InChI=1S/C12H13ClN2O5/c13-7-2-1-6(11(18)19)3-8(7)14-12(20)15-4-9(16)10(17)5-15/h1-3,9-10,16-17H,4-5H2,(H,14,20)(H,18,19). The molecule has 8 heteroatoms. The first-order valence-electron chi connectivity index (χ1n) is 5.83. The summed E-state index contributed by atoms with van der Waals surface area (Å²) in [5, 5.41) is 30.3. The number of nitrogens with zero attached hydrogens (tertiary/aromatic N) is 1. The first kappa shape index (κ1) is 14.6. The molecule has 0 radical (unpaired) electrons. The third kappa shape index (κ3) is 3.01. The summed E-state index contributed by atoms with van der Waals surface area (Å²) < 4.78 is 0. The number of hydrogen-bond donors (Lipinski definition) is 4. The molecule has 1 aromatic carbocycles. The molecule has 1 saturated heterocycles. The summed E-state index contributed by atoms with van der Waals surface area (Å²) in [6, 6.07) is 3.37. The number of carboxylic acid groups (broad SMARTS) is 1. The van der Waals surface area contributed by atoms with E-state index in [-0.39, 0.29) is 29.4 Å². The molecule has 1 heterocycles. The number of amides is 2. The van der Waals surface area contributed by atoms with Gasteiger partial charge < -0.3 is 25.5 Å².